The van der Waals surface area contributed by atoms with Gasteiger partial charge in [0.1, 0.15) is 0 Å². The van der Waals surface area contributed by atoms with Crippen LogP contribution in [-0.4, -0.2) is 37.3 Å². The van der Waals surface area contributed by atoms with Gasteiger partial charge in [-0.05, 0) is 13.8 Å². The maximum absolute atomic E-state index is 11.4. The van der Waals surface area contributed by atoms with Crippen LogP contribution >= 0.6 is 12.2 Å². The SMILES string of the molecule is CN(C)S(=O)(=O)NC(C)(C)C(N)=S. The Morgan fingerprint density at radius 3 is 2.08 bits per heavy atom. The summed E-state index contributed by atoms with van der Waals surface area (Å²) in [5.41, 5.74) is 4.46. The molecule has 0 unspecified atom stereocenters. The molecule has 13 heavy (non-hydrogen) atoms. The standard InChI is InChI=1S/C6H15N3O2S2/c1-6(2,5(7)12)8-13(10,11)9(3)4/h8H,1-4H3,(H2,7,12). The van der Waals surface area contributed by atoms with E-state index < -0.39 is 15.7 Å². The Morgan fingerprint density at radius 1 is 1.46 bits per heavy atom. The number of nitrogens with zero attached hydrogens (tertiary/aromatic N) is 1. The summed E-state index contributed by atoms with van der Waals surface area (Å²) in [6.07, 6.45) is 0. The molecule has 78 valence electrons. The van der Waals surface area contributed by atoms with E-state index in [2.05, 4.69) is 4.72 Å². The van der Waals surface area contributed by atoms with Gasteiger partial charge in [0.2, 0.25) is 0 Å². The molecular formula is C6H15N3O2S2. The second-order valence-electron chi connectivity index (χ2n) is 3.38. The summed E-state index contributed by atoms with van der Waals surface area (Å²) in [6, 6.07) is 0. The van der Waals surface area contributed by atoms with Gasteiger partial charge < -0.3 is 5.73 Å². The molecule has 0 aliphatic carbocycles. The zero-order valence-corrected chi connectivity index (χ0v) is 9.79. The molecule has 7 heteroatoms. The normalized spacial score (nSPS) is 13.3. The van der Waals surface area contributed by atoms with Crippen molar-refractivity contribution in [1.82, 2.24) is 9.03 Å². The molecule has 0 fully saturated rings. The summed E-state index contributed by atoms with van der Waals surface area (Å²) in [5.74, 6) is 0. The first-order valence-electron chi connectivity index (χ1n) is 3.61. The van der Waals surface area contributed by atoms with E-state index in [4.69, 9.17) is 18.0 Å². The van der Waals surface area contributed by atoms with Gasteiger partial charge in [0.05, 0.1) is 10.5 Å². The molecule has 5 nitrogen and oxygen atoms in total. The molecule has 0 amide bonds. The molecule has 0 aromatic heterocycles. The molecule has 0 radical (unpaired) electrons. The molecule has 0 aliphatic heterocycles. The monoisotopic (exact) mass is 225 g/mol. The molecule has 0 saturated heterocycles. The minimum atomic E-state index is -3.49. The van der Waals surface area contributed by atoms with Crippen LogP contribution in [0.4, 0.5) is 0 Å². The lowest BCUT2D eigenvalue weighted by Crippen LogP contribution is -2.54. The highest BCUT2D eigenvalue weighted by atomic mass is 32.2. The molecule has 0 saturated carbocycles. The fraction of sp³-hybridized carbons (Fsp3) is 0.833. The summed E-state index contributed by atoms with van der Waals surface area (Å²) in [4.78, 5) is 0.109. The highest BCUT2D eigenvalue weighted by Gasteiger charge is 2.28. The highest BCUT2D eigenvalue weighted by molar-refractivity contribution is 7.87. The number of hydrogen-bond donors (Lipinski definition) is 2. The van der Waals surface area contributed by atoms with E-state index in [0.29, 0.717) is 0 Å². The van der Waals surface area contributed by atoms with E-state index >= 15 is 0 Å². The Balaban J connectivity index is 4.73. The quantitative estimate of drug-likeness (QED) is 0.629. The molecule has 0 heterocycles. The van der Waals surface area contributed by atoms with Crippen LogP contribution in [0.5, 0.6) is 0 Å². The Labute approximate surface area is 84.5 Å². The van der Waals surface area contributed by atoms with Crippen LogP contribution < -0.4 is 10.5 Å². The van der Waals surface area contributed by atoms with Crippen LogP contribution in [0, 0.1) is 0 Å². The number of nitrogens with one attached hydrogen (secondary N) is 1. The average molecular weight is 225 g/mol. The van der Waals surface area contributed by atoms with Crippen LogP contribution in [0.2, 0.25) is 0 Å². The molecular weight excluding hydrogens is 210 g/mol. The second-order valence-corrected chi connectivity index (χ2v) is 5.70. The van der Waals surface area contributed by atoms with E-state index in [1.165, 1.54) is 14.1 Å². The maximum Gasteiger partial charge on any atom is 0.279 e. The Bertz CT molecular complexity index is 295. The smallest absolute Gasteiger partial charge is 0.279 e. The minimum Gasteiger partial charge on any atom is -0.392 e. The molecule has 0 spiro atoms. The molecule has 0 aromatic carbocycles. The molecule has 0 aromatic rings. The molecule has 0 aliphatic rings. The van der Waals surface area contributed by atoms with Crippen LogP contribution in [0.15, 0.2) is 0 Å². The Hall–Kier alpha value is -0.240. The second kappa shape index (κ2) is 3.87. The van der Waals surface area contributed by atoms with Crippen molar-refractivity contribution < 1.29 is 8.42 Å². The van der Waals surface area contributed by atoms with Crippen molar-refractivity contribution in [3.8, 4) is 0 Å². The van der Waals surface area contributed by atoms with Gasteiger partial charge in [0, 0.05) is 14.1 Å². The van der Waals surface area contributed by atoms with Crippen LogP contribution in [-0.2, 0) is 10.2 Å². The van der Waals surface area contributed by atoms with Crippen LogP contribution in [0.3, 0.4) is 0 Å². The zero-order chi connectivity index (χ0) is 10.9. The zero-order valence-electron chi connectivity index (χ0n) is 8.16. The van der Waals surface area contributed by atoms with Gasteiger partial charge in [-0.15, -0.1) is 0 Å². The topological polar surface area (TPSA) is 75.4 Å². The van der Waals surface area contributed by atoms with E-state index in [-0.39, 0.29) is 4.99 Å². The van der Waals surface area contributed by atoms with E-state index in [9.17, 15) is 8.42 Å². The van der Waals surface area contributed by atoms with Gasteiger partial charge in [-0.25, -0.2) is 0 Å². The lowest BCUT2D eigenvalue weighted by Gasteiger charge is -2.26. The summed E-state index contributed by atoms with van der Waals surface area (Å²) >= 11 is 4.72. The minimum absolute atomic E-state index is 0.109. The van der Waals surface area contributed by atoms with E-state index in [0.717, 1.165) is 4.31 Å². The van der Waals surface area contributed by atoms with Crippen molar-refractivity contribution in [2.75, 3.05) is 14.1 Å². The fourth-order valence-corrected chi connectivity index (χ4v) is 1.52. The predicted octanol–water partition coefficient (Wildman–Crippen LogP) is -0.553. The van der Waals surface area contributed by atoms with Crippen LogP contribution in [0.1, 0.15) is 13.8 Å². The van der Waals surface area contributed by atoms with Gasteiger partial charge in [-0.2, -0.15) is 17.4 Å². The van der Waals surface area contributed by atoms with Gasteiger partial charge in [-0.1, -0.05) is 12.2 Å². The third-order valence-electron chi connectivity index (χ3n) is 1.48. The summed E-state index contributed by atoms with van der Waals surface area (Å²) < 4.78 is 26.1. The van der Waals surface area contributed by atoms with Gasteiger partial charge in [0.25, 0.3) is 10.2 Å². The van der Waals surface area contributed by atoms with Gasteiger partial charge >= 0.3 is 0 Å². The van der Waals surface area contributed by atoms with Crippen molar-refractivity contribution in [2.24, 2.45) is 5.73 Å². The Morgan fingerprint density at radius 2 is 1.85 bits per heavy atom. The van der Waals surface area contributed by atoms with Crippen molar-refractivity contribution >= 4 is 27.4 Å². The molecule has 0 bridgehead atoms. The largest absolute Gasteiger partial charge is 0.392 e. The van der Waals surface area contributed by atoms with Crippen molar-refractivity contribution in [3.05, 3.63) is 0 Å². The Kier molecular flexibility index (Phi) is 3.80. The lowest BCUT2D eigenvalue weighted by molar-refractivity contribution is 0.482. The molecule has 3 N–H and O–H groups in total. The third kappa shape index (κ3) is 3.55. The van der Waals surface area contributed by atoms with Crippen molar-refractivity contribution in [3.63, 3.8) is 0 Å². The van der Waals surface area contributed by atoms with Gasteiger partial charge in [-0.3, -0.25) is 0 Å². The van der Waals surface area contributed by atoms with E-state index in [1.54, 1.807) is 13.8 Å². The first-order valence-corrected chi connectivity index (χ1v) is 5.46. The third-order valence-corrected chi connectivity index (χ3v) is 3.72. The molecule has 0 rings (SSSR count). The summed E-state index contributed by atoms with van der Waals surface area (Å²) in [5, 5.41) is 0. The highest BCUT2D eigenvalue weighted by Crippen LogP contribution is 2.05. The first-order chi connectivity index (χ1) is 5.59. The molecule has 0 atom stereocenters. The predicted molar refractivity (Wildman–Crippen MR) is 56.6 cm³/mol. The number of rotatable bonds is 4. The fourth-order valence-electron chi connectivity index (χ4n) is 0.464. The number of nitrogens with two attached hydrogens (primary N) is 1. The maximum atomic E-state index is 11.4. The van der Waals surface area contributed by atoms with E-state index in [1.807, 2.05) is 0 Å². The van der Waals surface area contributed by atoms with Crippen molar-refractivity contribution in [2.45, 2.75) is 19.4 Å². The van der Waals surface area contributed by atoms with Crippen LogP contribution in [0.25, 0.3) is 0 Å². The number of hydrogen-bond acceptors (Lipinski definition) is 3. The van der Waals surface area contributed by atoms with Crippen molar-refractivity contribution in [1.29, 1.82) is 0 Å². The lowest BCUT2D eigenvalue weighted by atomic mass is 10.1. The first kappa shape index (κ1) is 12.8. The summed E-state index contributed by atoms with van der Waals surface area (Å²) in [7, 11) is -0.628. The average Bonchev–Trinajstić information content (AvgIpc) is 1.83. The number of thiocarbonyl (C=S) groups is 1. The van der Waals surface area contributed by atoms with Gasteiger partial charge in [0.15, 0.2) is 0 Å². The summed E-state index contributed by atoms with van der Waals surface area (Å²) in [6.45, 7) is 3.22.